The third-order valence-corrected chi connectivity index (χ3v) is 10.3. The largest absolute Gasteiger partial charge is 0.340 e. The fourth-order valence-electron chi connectivity index (χ4n) is 5.78. The van der Waals surface area contributed by atoms with E-state index < -0.39 is 21.6 Å². The number of rotatable bonds is 8. The molecule has 2 aromatic carbocycles. The predicted octanol–water partition coefficient (Wildman–Crippen LogP) is 4.07. The van der Waals surface area contributed by atoms with Crippen LogP contribution in [0.15, 0.2) is 65.1 Å². The van der Waals surface area contributed by atoms with Gasteiger partial charge in [0.25, 0.3) is 15.9 Å². The van der Waals surface area contributed by atoms with Gasteiger partial charge in [0.15, 0.2) is 0 Å². The van der Waals surface area contributed by atoms with Crippen molar-refractivity contribution in [2.75, 3.05) is 13.6 Å². The maximum Gasteiger partial charge on any atom is 0.329 e. The Morgan fingerprint density at radius 2 is 1.79 bits per heavy atom. The average molecular weight is 619 g/mol. The first-order valence-corrected chi connectivity index (χ1v) is 16.4. The van der Waals surface area contributed by atoms with Gasteiger partial charge in [-0.05, 0) is 110 Å². The second-order valence-corrected chi connectivity index (χ2v) is 14.1. The summed E-state index contributed by atoms with van der Waals surface area (Å²) in [6.45, 7) is 7.20. The zero-order valence-electron chi connectivity index (χ0n) is 24.3. The Morgan fingerprint density at radius 1 is 1.12 bits per heavy atom. The van der Waals surface area contributed by atoms with E-state index in [1.807, 2.05) is 35.9 Å². The lowest BCUT2D eigenvalue weighted by atomic mass is 10.0. The SMILES string of the molecule is C=c1c2c(n(-c3ccc(CC4(NC(=O)NS(=O)(=O)c5ccc(Cl)cc5)CC4)cc3)c1=CC=C(C)C1CC1)C(=O)N(C)CC2. The molecule has 2 saturated carbocycles. The fraction of sp³-hybridized carbons (Fsp3) is 0.333. The Bertz CT molecular complexity index is 1850. The maximum atomic E-state index is 13.4. The van der Waals surface area contributed by atoms with Crippen LogP contribution in [0.3, 0.4) is 0 Å². The van der Waals surface area contributed by atoms with Gasteiger partial charge in [0.2, 0.25) is 0 Å². The van der Waals surface area contributed by atoms with E-state index >= 15 is 0 Å². The van der Waals surface area contributed by atoms with Crippen molar-refractivity contribution in [2.24, 2.45) is 5.92 Å². The molecule has 2 N–H and O–H groups in total. The number of halogens is 1. The molecule has 8 nitrogen and oxygen atoms in total. The van der Waals surface area contributed by atoms with Crippen molar-refractivity contribution in [3.05, 3.63) is 92.6 Å². The number of nitrogens with one attached hydrogen (secondary N) is 2. The third kappa shape index (κ3) is 6.01. The van der Waals surface area contributed by atoms with Gasteiger partial charge in [-0.15, -0.1) is 0 Å². The quantitative estimate of drug-likeness (QED) is 0.398. The molecule has 2 fully saturated rings. The topological polar surface area (TPSA) is 101 Å². The molecule has 3 amide bonds. The molecule has 43 heavy (non-hydrogen) atoms. The molecule has 2 aliphatic carbocycles. The number of amides is 3. The third-order valence-electron chi connectivity index (χ3n) is 8.72. The molecule has 0 spiro atoms. The highest BCUT2D eigenvalue weighted by Gasteiger charge is 2.44. The number of sulfonamides is 1. The lowest BCUT2D eigenvalue weighted by molar-refractivity contribution is 0.0772. The molecule has 0 radical (unpaired) electrons. The van der Waals surface area contributed by atoms with Crippen LogP contribution in [0.1, 0.15) is 54.2 Å². The molecule has 1 aromatic heterocycles. The molecule has 3 aliphatic rings. The number of nitrogens with zero attached hydrogens (tertiary/aromatic N) is 2. The van der Waals surface area contributed by atoms with Gasteiger partial charge in [0, 0.05) is 29.8 Å². The van der Waals surface area contributed by atoms with Crippen LogP contribution < -0.4 is 20.6 Å². The summed E-state index contributed by atoms with van der Waals surface area (Å²) < 4.78 is 29.4. The minimum atomic E-state index is -4.03. The summed E-state index contributed by atoms with van der Waals surface area (Å²) >= 11 is 5.85. The van der Waals surface area contributed by atoms with Gasteiger partial charge in [-0.1, -0.05) is 42.0 Å². The Morgan fingerprint density at radius 3 is 2.42 bits per heavy atom. The van der Waals surface area contributed by atoms with Crippen molar-refractivity contribution >= 4 is 46.2 Å². The van der Waals surface area contributed by atoms with Gasteiger partial charge in [-0.3, -0.25) is 4.79 Å². The molecule has 224 valence electrons. The van der Waals surface area contributed by atoms with Crippen LogP contribution in [0, 0.1) is 5.92 Å². The molecule has 6 rings (SSSR count). The monoisotopic (exact) mass is 618 g/mol. The van der Waals surface area contributed by atoms with Gasteiger partial charge in [-0.2, -0.15) is 0 Å². The molecular weight excluding hydrogens is 584 g/mol. The lowest BCUT2D eigenvalue weighted by Gasteiger charge is -2.24. The smallest absolute Gasteiger partial charge is 0.329 e. The number of allylic oxidation sites excluding steroid dienone is 2. The van der Waals surface area contributed by atoms with Crippen LogP contribution in [0.5, 0.6) is 0 Å². The minimum absolute atomic E-state index is 0.0153. The molecule has 0 saturated heterocycles. The minimum Gasteiger partial charge on any atom is -0.340 e. The van der Waals surface area contributed by atoms with Gasteiger partial charge in [0.05, 0.1) is 10.2 Å². The van der Waals surface area contributed by atoms with Gasteiger partial charge in [0.1, 0.15) is 5.69 Å². The standard InChI is InChI=1S/C33H35ClN4O4S/c1-21(24-7-8-24)4-15-29-22(2)28-16-19-37(3)31(39)30(28)38(29)26-11-5-23(6-12-26)20-33(17-18-33)35-32(40)36-43(41,42)27-13-9-25(34)10-14-27/h4-6,9-15,24H,2,7-8,16-20H2,1,3H3,(H2,35,36,40). The second-order valence-electron chi connectivity index (χ2n) is 12.0. The normalized spacial score (nSPS) is 18.4. The summed E-state index contributed by atoms with van der Waals surface area (Å²) in [5.74, 6) is 0.635. The van der Waals surface area contributed by atoms with Crippen molar-refractivity contribution in [1.29, 1.82) is 0 Å². The Hall–Kier alpha value is -3.82. The van der Waals surface area contributed by atoms with Crippen LogP contribution >= 0.6 is 11.6 Å². The highest BCUT2D eigenvalue weighted by molar-refractivity contribution is 7.90. The van der Waals surface area contributed by atoms with E-state index in [9.17, 15) is 18.0 Å². The molecule has 0 atom stereocenters. The number of benzene rings is 2. The summed E-state index contributed by atoms with van der Waals surface area (Å²) in [6.07, 6.45) is 9.51. The maximum absolute atomic E-state index is 13.4. The van der Waals surface area contributed by atoms with Gasteiger partial charge in [-0.25, -0.2) is 17.9 Å². The highest BCUT2D eigenvalue weighted by atomic mass is 35.5. The first-order valence-electron chi connectivity index (χ1n) is 14.5. The zero-order chi connectivity index (χ0) is 30.5. The summed E-state index contributed by atoms with van der Waals surface area (Å²) in [5, 5.41) is 5.09. The van der Waals surface area contributed by atoms with E-state index in [1.54, 1.807) is 4.90 Å². The van der Waals surface area contributed by atoms with E-state index in [4.69, 9.17) is 11.6 Å². The molecule has 0 bridgehead atoms. The molecular formula is C33H35ClN4O4S. The molecule has 10 heteroatoms. The van der Waals surface area contributed by atoms with Crippen molar-refractivity contribution in [2.45, 2.75) is 55.9 Å². The van der Waals surface area contributed by atoms with Crippen LogP contribution in [0.25, 0.3) is 18.3 Å². The summed E-state index contributed by atoms with van der Waals surface area (Å²) in [4.78, 5) is 27.8. The van der Waals surface area contributed by atoms with Crippen molar-refractivity contribution in [3.63, 3.8) is 0 Å². The van der Waals surface area contributed by atoms with Crippen LogP contribution in [0.2, 0.25) is 5.02 Å². The molecule has 0 unspecified atom stereocenters. The number of carbonyl (C=O) groups is 2. The van der Waals surface area contributed by atoms with Crippen molar-refractivity contribution in [3.8, 4) is 5.69 Å². The Labute approximate surface area is 256 Å². The molecule has 3 aromatic rings. The number of urea groups is 1. The Balaban J connectivity index is 1.23. The zero-order valence-corrected chi connectivity index (χ0v) is 25.9. The van der Waals surface area contributed by atoms with E-state index in [2.05, 4.69) is 35.7 Å². The molecule has 1 aliphatic heterocycles. The Kier molecular flexibility index (Phi) is 7.50. The lowest BCUT2D eigenvalue weighted by Crippen LogP contribution is -2.46. The van der Waals surface area contributed by atoms with Crippen molar-refractivity contribution in [1.82, 2.24) is 19.5 Å². The highest BCUT2D eigenvalue weighted by Crippen LogP contribution is 2.39. The number of fused-ring (bicyclic) bond motifs is 1. The second kappa shape index (κ2) is 11.0. The van der Waals surface area contributed by atoms with Gasteiger partial charge >= 0.3 is 6.03 Å². The first kappa shape index (κ1) is 29.3. The van der Waals surface area contributed by atoms with Crippen LogP contribution in [0.4, 0.5) is 4.79 Å². The predicted molar refractivity (Wildman–Crippen MR) is 168 cm³/mol. The van der Waals surface area contributed by atoms with Crippen molar-refractivity contribution < 1.29 is 18.0 Å². The summed E-state index contributed by atoms with van der Waals surface area (Å²) in [7, 11) is -2.20. The number of likely N-dealkylation sites (N-methyl/N-ethyl adjacent to an activating group) is 1. The summed E-state index contributed by atoms with van der Waals surface area (Å²) in [5.41, 5.74) is 4.35. The number of aromatic nitrogens is 1. The van der Waals surface area contributed by atoms with E-state index in [0.717, 1.165) is 46.6 Å². The number of hydrogen-bond donors (Lipinski definition) is 2. The first-order chi connectivity index (χ1) is 20.5. The van der Waals surface area contributed by atoms with E-state index in [0.29, 0.717) is 29.6 Å². The van der Waals surface area contributed by atoms with Crippen LogP contribution in [-0.4, -0.2) is 49.0 Å². The number of carbonyl (C=O) groups excluding carboxylic acids is 2. The van der Waals surface area contributed by atoms with Crippen LogP contribution in [-0.2, 0) is 22.9 Å². The van der Waals surface area contributed by atoms with E-state index in [-0.39, 0.29) is 10.8 Å². The number of hydrogen-bond acceptors (Lipinski definition) is 4. The average Bonchev–Trinajstić information content (AvgIpc) is 3.90. The van der Waals surface area contributed by atoms with E-state index in [1.165, 1.54) is 42.7 Å². The summed E-state index contributed by atoms with van der Waals surface area (Å²) in [6, 6.07) is 12.9. The fourth-order valence-corrected chi connectivity index (χ4v) is 6.82. The molecule has 2 heterocycles. The van der Waals surface area contributed by atoms with Gasteiger partial charge < -0.3 is 14.8 Å².